The number of aryl methyl sites for hydroxylation is 2. The first kappa shape index (κ1) is 15.2. The highest BCUT2D eigenvalue weighted by Crippen LogP contribution is 2.33. The average Bonchev–Trinajstić information content (AvgIpc) is 2.64. The van der Waals surface area contributed by atoms with E-state index >= 15 is 0 Å². The van der Waals surface area contributed by atoms with Gasteiger partial charge < -0.3 is 5.32 Å². The number of rotatable bonds is 2. The van der Waals surface area contributed by atoms with Crippen LogP contribution in [0.5, 0.6) is 0 Å². The van der Waals surface area contributed by atoms with E-state index in [9.17, 15) is 4.79 Å². The molecule has 0 unspecified atom stereocenters. The number of carbonyl (C=O) groups is 1. The second-order valence-corrected chi connectivity index (χ2v) is 8.24. The Morgan fingerprint density at radius 3 is 2.16 bits per heavy atom. The average molecular weight is 468 g/mol. The molecule has 2 aromatic rings. The van der Waals surface area contributed by atoms with Gasteiger partial charge in [0.15, 0.2) is 0 Å². The van der Waals surface area contributed by atoms with Crippen molar-refractivity contribution in [3.05, 3.63) is 46.9 Å². The number of thiophene rings is 1. The van der Waals surface area contributed by atoms with Crippen molar-refractivity contribution in [2.45, 2.75) is 13.8 Å². The molecule has 0 aliphatic carbocycles. The third-order valence-corrected chi connectivity index (χ3v) is 6.32. The van der Waals surface area contributed by atoms with Gasteiger partial charge in [-0.1, -0.05) is 15.9 Å². The van der Waals surface area contributed by atoms with E-state index in [0.29, 0.717) is 4.88 Å². The third kappa shape index (κ3) is 3.48. The lowest BCUT2D eigenvalue weighted by Gasteiger charge is -2.11. The molecule has 0 saturated carbocycles. The van der Waals surface area contributed by atoms with Crippen LogP contribution in [0.25, 0.3) is 0 Å². The summed E-state index contributed by atoms with van der Waals surface area (Å²) < 4.78 is 2.83. The molecule has 0 fully saturated rings. The summed E-state index contributed by atoms with van der Waals surface area (Å²) in [6, 6.07) is 5.79. The fourth-order valence-electron chi connectivity index (χ4n) is 1.74. The van der Waals surface area contributed by atoms with Gasteiger partial charge in [0.1, 0.15) is 0 Å². The summed E-state index contributed by atoms with van der Waals surface area (Å²) in [6.07, 6.45) is 0. The third-order valence-electron chi connectivity index (χ3n) is 2.60. The number of carbonyl (C=O) groups excluding carboxylic acids is 1. The molecular weight excluding hydrogens is 458 g/mol. The van der Waals surface area contributed by atoms with Gasteiger partial charge in [0, 0.05) is 14.6 Å². The Kier molecular flexibility index (Phi) is 4.87. The number of hydrogen-bond donors (Lipinski definition) is 1. The van der Waals surface area contributed by atoms with Gasteiger partial charge in [-0.3, -0.25) is 4.79 Å². The zero-order valence-corrected chi connectivity index (χ0v) is 15.8. The van der Waals surface area contributed by atoms with Crippen LogP contribution < -0.4 is 5.32 Å². The molecular formula is C13H10Br3NOS. The van der Waals surface area contributed by atoms with Gasteiger partial charge >= 0.3 is 0 Å². The molecule has 1 N–H and O–H groups in total. The molecule has 0 spiro atoms. The van der Waals surface area contributed by atoms with Crippen LogP contribution in [0.3, 0.4) is 0 Å². The van der Waals surface area contributed by atoms with E-state index in [4.69, 9.17) is 0 Å². The van der Waals surface area contributed by atoms with Crippen LogP contribution in [0.4, 0.5) is 5.69 Å². The van der Waals surface area contributed by atoms with Crippen LogP contribution in [0.2, 0.25) is 0 Å². The lowest BCUT2D eigenvalue weighted by molar-refractivity contribution is 0.103. The Balaban J connectivity index is 2.29. The van der Waals surface area contributed by atoms with Gasteiger partial charge in [-0.05, 0) is 75.0 Å². The van der Waals surface area contributed by atoms with Crippen molar-refractivity contribution < 1.29 is 4.79 Å². The van der Waals surface area contributed by atoms with Gasteiger partial charge in [-0.15, -0.1) is 11.3 Å². The zero-order chi connectivity index (χ0) is 14.2. The van der Waals surface area contributed by atoms with Crippen LogP contribution in [-0.2, 0) is 0 Å². The Morgan fingerprint density at radius 1 is 1.11 bits per heavy atom. The Labute approximate surface area is 141 Å². The fraction of sp³-hybridized carbons (Fsp3) is 0.154. The molecule has 6 heteroatoms. The Morgan fingerprint density at radius 2 is 1.68 bits per heavy atom. The normalized spacial score (nSPS) is 10.6. The van der Waals surface area contributed by atoms with Crippen LogP contribution in [0.15, 0.2) is 30.9 Å². The van der Waals surface area contributed by atoms with Crippen LogP contribution in [0.1, 0.15) is 20.8 Å². The molecule has 0 atom stereocenters. The SMILES string of the molecule is Cc1cc(Br)cc(C)c1NC(=O)c1cc(Br)c(Br)s1. The second-order valence-electron chi connectivity index (χ2n) is 4.10. The summed E-state index contributed by atoms with van der Waals surface area (Å²) >= 11 is 11.6. The van der Waals surface area contributed by atoms with Gasteiger partial charge in [0.25, 0.3) is 5.91 Å². The van der Waals surface area contributed by atoms with Crippen molar-refractivity contribution in [1.29, 1.82) is 0 Å². The Bertz CT molecular complexity index is 609. The summed E-state index contributed by atoms with van der Waals surface area (Å²) in [6.45, 7) is 3.96. The molecule has 1 aromatic carbocycles. The highest BCUT2D eigenvalue weighted by molar-refractivity contribution is 9.13. The van der Waals surface area contributed by atoms with E-state index in [-0.39, 0.29) is 5.91 Å². The maximum absolute atomic E-state index is 12.2. The van der Waals surface area contributed by atoms with E-state index in [1.807, 2.05) is 32.0 Å². The van der Waals surface area contributed by atoms with E-state index in [1.54, 1.807) is 0 Å². The first-order valence-electron chi connectivity index (χ1n) is 5.41. The minimum atomic E-state index is -0.0927. The first-order chi connectivity index (χ1) is 8.88. The minimum absolute atomic E-state index is 0.0927. The first-order valence-corrected chi connectivity index (χ1v) is 8.61. The van der Waals surface area contributed by atoms with Crippen LogP contribution >= 0.6 is 59.1 Å². The van der Waals surface area contributed by atoms with E-state index in [2.05, 4.69) is 53.1 Å². The van der Waals surface area contributed by atoms with Gasteiger partial charge in [-0.2, -0.15) is 0 Å². The Hall–Kier alpha value is -0.170. The molecule has 0 aliphatic heterocycles. The van der Waals surface area contributed by atoms with Crippen molar-refractivity contribution in [3.8, 4) is 0 Å². The standard InChI is InChI=1S/C13H10Br3NOS/c1-6-3-8(14)4-7(2)11(6)17-13(18)10-5-9(15)12(16)19-10/h3-5H,1-2H3,(H,17,18). The lowest BCUT2D eigenvalue weighted by atomic mass is 10.1. The number of halogens is 3. The second kappa shape index (κ2) is 6.08. The molecule has 2 rings (SSSR count). The van der Waals surface area contributed by atoms with Crippen molar-refractivity contribution in [3.63, 3.8) is 0 Å². The molecule has 0 saturated heterocycles. The summed E-state index contributed by atoms with van der Waals surface area (Å²) in [4.78, 5) is 12.9. The number of anilines is 1. The molecule has 1 amide bonds. The summed E-state index contributed by atoms with van der Waals surface area (Å²) in [5.74, 6) is -0.0927. The van der Waals surface area contributed by atoms with E-state index < -0.39 is 0 Å². The van der Waals surface area contributed by atoms with Crippen molar-refractivity contribution in [2.24, 2.45) is 0 Å². The van der Waals surface area contributed by atoms with Gasteiger partial charge in [0.2, 0.25) is 0 Å². The molecule has 1 heterocycles. The monoisotopic (exact) mass is 465 g/mol. The topological polar surface area (TPSA) is 29.1 Å². The molecule has 100 valence electrons. The number of amides is 1. The van der Waals surface area contributed by atoms with Crippen LogP contribution in [0, 0.1) is 13.8 Å². The smallest absolute Gasteiger partial charge is 0.265 e. The van der Waals surface area contributed by atoms with Gasteiger partial charge in [0.05, 0.1) is 8.66 Å². The largest absolute Gasteiger partial charge is 0.321 e. The van der Waals surface area contributed by atoms with Crippen molar-refractivity contribution in [2.75, 3.05) is 5.32 Å². The fourth-order valence-corrected chi connectivity index (χ4v) is 4.36. The number of hydrogen-bond acceptors (Lipinski definition) is 2. The molecule has 1 aromatic heterocycles. The predicted molar refractivity (Wildman–Crippen MR) is 91.3 cm³/mol. The van der Waals surface area contributed by atoms with Crippen LogP contribution in [-0.4, -0.2) is 5.91 Å². The lowest BCUT2D eigenvalue weighted by Crippen LogP contribution is -2.12. The highest BCUT2D eigenvalue weighted by Gasteiger charge is 2.14. The van der Waals surface area contributed by atoms with Crippen molar-refractivity contribution in [1.82, 2.24) is 0 Å². The summed E-state index contributed by atoms with van der Waals surface area (Å²) in [7, 11) is 0. The quantitative estimate of drug-likeness (QED) is 0.585. The zero-order valence-electron chi connectivity index (χ0n) is 10.2. The molecule has 0 aliphatic rings. The molecule has 19 heavy (non-hydrogen) atoms. The number of benzene rings is 1. The number of nitrogens with one attached hydrogen (secondary N) is 1. The maximum Gasteiger partial charge on any atom is 0.265 e. The summed E-state index contributed by atoms with van der Waals surface area (Å²) in [5.41, 5.74) is 2.94. The summed E-state index contributed by atoms with van der Waals surface area (Å²) in [5, 5.41) is 2.97. The molecule has 0 bridgehead atoms. The minimum Gasteiger partial charge on any atom is -0.321 e. The van der Waals surface area contributed by atoms with Gasteiger partial charge in [-0.25, -0.2) is 0 Å². The van der Waals surface area contributed by atoms with E-state index in [1.165, 1.54) is 11.3 Å². The molecule has 0 radical (unpaired) electrons. The highest BCUT2D eigenvalue weighted by atomic mass is 79.9. The molecule has 2 nitrogen and oxygen atoms in total. The van der Waals surface area contributed by atoms with E-state index in [0.717, 1.165) is 29.5 Å². The van der Waals surface area contributed by atoms with Crippen molar-refractivity contribution >= 4 is 70.7 Å². The predicted octanol–water partition coefficient (Wildman–Crippen LogP) is 5.90. The maximum atomic E-state index is 12.2.